The lowest BCUT2D eigenvalue weighted by molar-refractivity contribution is -0.142. The number of aromatic nitrogens is 1. The van der Waals surface area contributed by atoms with E-state index in [0.29, 0.717) is 0 Å². The van der Waals surface area contributed by atoms with Crippen LogP contribution in [0.25, 0.3) is 10.9 Å². The van der Waals surface area contributed by atoms with Crippen LogP contribution in [-0.2, 0) is 30.0 Å². The van der Waals surface area contributed by atoms with Gasteiger partial charge in [0.15, 0.2) is 0 Å². The third kappa shape index (κ3) is 4.18. The predicted molar refractivity (Wildman–Crippen MR) is 114 cm³/mol. The molecule has 162 valence electrons. The Bertz CT molecular complexity index is 923. The number of H-pyrrole nitrogens is 1. The van der Waals surface area contributed by atoms with E-state index >= 15 is 0 Å². The second-order valence-electron chi connectivity index (χ2n) is 8.32. The van der Waals surface area contributed by atoms with Crippen molar-refractivity contribution in [2.75, 3.05) is 13.7 Å². The maximum Gasteiger partial charge on any atom is 0.495 e. The molecule has 2 aromatic rings. The number of amides is 1. The highest BCUT2D eigenvalue weighted by Gasteiger charge is 2.52. The molecule has 2 N–H and O–H groups in total. The van der Waals surface area contributed by atoms with Crippen molar-refractivity contribution in [3.8, 4) is 0 Å². The zero-order valence-corrected chi connectivity index (χ0v) is 18.3. The molecule has 0 spiro atoms. The molecule has 30 heavy (non-hydrogen) atoms. The Morgan fingerprint density at radius 3 is 2.47 bits per heavy atom. The summed E-state index contributed by atoms with van der Waals surface area (Å²) in [4.78, 5) is 27.4. The van der Waals surface area contributed by atoms with Crippen LogP contribution in [0.3, 0.4) is 0 Å². The van der Waals surface area contributed by atoms with Gasteiger partial charge in [0.2, 0.25) is 0 Å². The van der Waals surface area contributed by atoms with Crippen molar-refractivity contribution in [1.82, 2.24) is 10.3 Å². The lowest BCUT2D eigenvalue weighted by Crippen LogP contribution is -2.43. The van der Waals surface area contributed by atoms with Gasteiger partial charge in [0.1, 0.15) is 6.04 Å². The minimum absolute atomic E-state index is 0.207. The largest absolute Gasteiger partial charge is 0.495 e. The van der Waals surface area contributed by atoms with E-state index < -0.39 is 36.4 Å². The van der Waals surface area contributed by atoms with E-state index in [1.807, 2.05) is 52.1 Å². The van der Waals surface area contributed by atoms with E-state index in [1.165, 1.54) is 7.11 Å². The molecule has 9 heteroatoms. The van der Waals surface area contributed by atoms with E-state index in [0.717, 1.165) is 21.9 Å². The summed E-state index contributed by atoms with van der Waals surface area (Å²) < 4.78 is 22.3. The van der Waals surface area contributed by atoms with Crippen LogP contribution in [0.5, 0.6) is 0 Å². The average Bonchev–Trinajstić information content (AvgIpc) is 3.18. The van der Waals surface area contributed by atoms with Gasteiger partial charge in [-0.05, 0) is 51.7 Å². The maximum absolute atomic E-state index is 12.3. The van der Waals surface area contributed by atoms with Crippen molar-refractivity contribution in [3.05, 3.63) is 30.0 Å². The molecule has 3 rings (SSSR count). The molecule has 1 fully saturated rings. The highest BCUT2D eigenvalue weighted by molar-refractivity contribution is 6.65. The van der Waals surface area contributed by atoms with Crippen LogP contribution in [0.4, 0.5) is 4.79 Å². The number of ether oxygens (including phenoxy) is 2. The number of methoxy groups -OCH3 is 1. The zero-order chi connectivity index (χ0) is 22.1. The normalized spacial score (nSPS) is 18.3. The van der Waals surface area contributed by atoms with Gasteiger partial charge in [0.25, 0.3) is 0 Å². The first-order valence-corrected chi connectivity index (χ1v) is 10.0. The summed E-state index contributed by atoms with van der Waals surface area (Å²) in [6, 6.07) is 4.93. The number of esters is 1. The summed E-state index contributed by atoms with van der Waals surface area (Å²) in [5.41, 5.74) is 1.63. The van der Waals surface area contributed by atoms with Crippen molar-refractivity contribution in [2.24, 2.45) is 0 Å². The third-order valence-electron chi connectivity index (χ3n) is 5.80. The van der Waals surface area contributed by atoms with Crippen molar-refractivity contribution in [1.29, 1.82) is 0 Å². The smallest absolute Gasteiger partial charge is 0.467 e. The fourth-order valence-electron chi connectivity index (χ4n) is 3.48. The van der Waals surface area contributed by atoms with E-state index in [-0.39, 0.29) is 13.0 Å². The number of rotatable bonds is 6. The number of aromatic amines is 1. The fraction of sp³-hybridized carbons (Fsp3) is 0.524. The van der Waals surface area contributed by atoms with E-state index in [1.54, 1.807) is 6.92 Å². The van der Waals surface area contributed by atoms with Gasteiger partial charge >= 0.3 is 19.2 Å². The minimum atomic E-state index is -0.889. The summed E-state index contributed by atoms with van der Waals surface area (Å²) >= 11 is 0. The number of hydrogen-bond donors (Lipinski definition) is 2. The van der Waals surface area contributed by atoms with Crippen LogP contribution in [0.1, 0.15) is 40.2 Å². The van der Waals surface area contributed by atoms with Crippen LogP contribution >= 0.6 is 0 Å². The Balaban J connectivity index is 1.95. The van der Waals surface area contributed by atoms with Crippen molar-refractivity contribution < 1.29 is 28.4 Å². The minimum Gasteiger partial charge on any atom is -0.467 e. The van der Waals surface area contributed by atoms with Gasteiger partial charge in [-0.3, -0.25) is 0 Å². The Morgan fingerprint density at radius 2 is 1.87 bits per heavy atom. The molecule has 1 aliphatic heterocycles. The zero-order valence-electron chi connectivity index (χ0n) is 18.3. The first kappa shape index (κ1) is 22.2. The number of carbonyl (C=O) groups excluding carboxylic acids is 2. The van der Waals surface area contributed by atoms with Crippen LogP contribution in [0.2, 0.25) is 0 Å². The first-order chi connectivity index (χ1) is 14.1. The van der Waals surface area contributed by atoms with Gasteiger partial charge in [-0.25, -0.2) is 9.59 Å². The van der Waals surface area contributed by atoms with Gasteiger partial charge in [-0.15, -0.1) is 0 Å². The molecule has 2 heterocycles. The van der Waals surface area contributed by atoms with E-state index in [9.17, 15) is 9.59 Å². The molecule has 1 atom stereocenters. The Kier molecular flexibility index (Phi) is 6.15. The molecule has 0 radical (unpaired) electrons. The van der Waals surface area contributed by atoms with E-state index in [4.69, 9.17) is 18.8 Å². The van der Waals surface area contributed by atoms with Gasteiger partial charge in [-0.1, -0.05) is 12.1 Å². The van der Waals surface area contributed by atoms with Gasteiger partial charge < -0.3 is 29.1 Å². The Morgan fingerprint density at radius 1 is 1.20 bits per heavy atom. The lowest BCUT2D eigenvalue weighted by atomic mass is 9.76. The van der Waals surface area contributed by atoms with Crippen molar-refractivity contribution >= 4 is 35.5 Å². The molecule has 0 unspecified atom stereocenters. The van der Waals surface area contributed by atoms with Crippen molar-refractivity contribution in [3.63, 3.8) is 0 Å². The summed E-state index contributed by atoms with van der Waals surface area (Å²) in [6.45, 7) is 9.91. The quantitative estimate of drug-likeness (QED) is 0.554. The summed E-state index contributed by atoms with van der Waals surface area (Å²) in [6.07, 6.45) is 1.38. The van der Waals surface area contributed by atoms with Gasteiger partial charge in [0.05, 0.1) is 24.9 Å². The maximum atomic E-state index is 12.3. The predicted octanol–water partition coefficient (Wildman–Crippen LogP) is 2.30. The summed E-state index contributed by atoms with van der Waals surface area (Å²) in [7, 11) is 0.732. The Labute approximate surface area is 176 Å². The number of nitrogens with one attached hydrogen (secondary N) is 2. The van der Waals surface area contributed by atoms with E-state index in [2.05, 4.69) is 10.3 Å². The van der Waals surface area contributed by atoms with Gasteiger partial charge in [0, 0.05) is 23.5 Å². The Hall–Kier alpha value is -2.52. The fourth-order valence-corrected chi connectivity index (χ4v) is 3.48. The molecule has 0 aliphatic carbocycles. The first-order valence-electron chi connectivity index (χ1n) is 10.0. The number of fused-ring (bicyclic) bond motifs is 1. The van der Waals surface area contributed by atoms with Crippen LogP contribution in [0, 0.1) is 0 Å². The lowest BCUT2D eigenvalue weighted by Gasteiger charge is -2.32. The monoisotopic (exact) mass is 416 g/mol. The molecule has 8 nitrogen and oxygen atoms in total. The molecular weight excluding hydrogens is 387 g/mol. The molecule has 0 bridgehead atoms. The molecular formula is C21H29BN2O6. The highest BCUT2D eigenvalue weighted by Crippen LogP contribution is 2.37. The number of alkyl carbamates (subject to hydrolysis) is 1. The molecule has 1 aromatic heterocycles. The standard InChI is InChI=1S/C21H29BN2O6/c1-7-28-19(26)24-16(18(25)27-6)11-13-12-23-15-10-8-9-14(17(13)15)22-29-20(2,3)21(4,5)30-22/h8-10,12,16,23H,7,11H2,1-6H3,(H,24,26)/t16-/m0/s1. The highest BCUT2D eigenvalue weighted by atomic mass is 16.7. The second kappa shape index (κ2) is 8.31. The summed E-state index contributed by atoms with van der Waals surface area (Å²) in [5, 5.41) is 3.47. The van der Waals surface area contributed by atoms with Crippen LogP contribution < -0.4 is 10.8 Å². The second-order valence-corrected chi connectivity index (χ2v) is 8.32. The SMILES string of the molecule is CCOC(=O)N[C@@H](Cc1c[nH]c2cccc(B3OC(C)(C)C(C)(C)O3)c12)C(=O)OC. The number of benzene rings is 1. The molecule has 0 saturated carbocycles. The molecule has 1 amide bonds. The number of carbonyl (C=O) groups is 2. The third-order valence-corrected chi connectivity index (χ3v) is 5.80. The van der Waals surface area contributed by atoms with Gasteiger partial charge in [-0.2, -0.15) is 0 Å². The molecule has 1 aliphatic rings. The average molecular weight is 416 g/mol. The van der Waals surface area contributed by atoms with Crippen LogP contribution in [0.15, 0.2) is 24.4 Å². The summed E-state index contributed by atoms with van der Waals surface area (Å²) in [5.74, 6) is -0.550. The van der Waals surface area contributed by atoms with Crippen LogP contribution in [-0.4, -0.2) is 55.1 Å². The van der Waals surface area contributed by atoms with Crippen molar-refractivity contribution in [2.45, 2.75) is 58.3 Å². The molecule has 1 saturated heterocycles. The number of hydrogen-bond acceptors (Lipinski definition) is 6. The topological polar surface area (TPSA) is 98.9 Å². The molecule has 1 aromatic carbocycles.